The molecule has 0 saturated carbocycles. The van der Waals surface area contributed by atoms with E-state index < -0.39 is 0 Å². The summed E-state index contributed by atoms with van der Waals surface area (Å²) in [7, 11) is 0. The van der Waals surface area contributed by atoms with Crippen LogP contribution in [-0.2, 0) is 0 Å². The van der Waals surface area contributed by atoms with Crippen molar-refractivity contribution in [2.24, 2.45) is 0 Å². The molecule has 0 saturated heterocycles. The number of rotatable bonds is 6. The van der Waals surface area contributed by atoms with E-state index in [-0.39, 0.29) is 23.6 Å². The summed E-state index contributed by atoms with van der Waals surface area (Å²) < 4.78 is 5.41. The smallest absolute Gasteiger partial charge is 0.274 e. The molecule has 0 spiro atoms. The van der Waals surface area contributed by atoms with Crippen molar-refractivity contribution in [2.45, 2.75) is 13.0 Å². The maximum Gasteiger partial charge on any atom is 0.274 e. The van der Waals surface area contributed by atoms with Crippen LogP contribution in [0, 0.1) is 0 Å². The van der Waals surface area contributed by atoms with E-state index in [4.69, 9.17) is 4.42 Å². The van der Waals surface area contributed by atoms with Gasteiger partial charge in [-0.25, -0.2) is 4.98 Å². The monoisotopic (exact) mass is 417 g/mol. The van der Waals surface area contributed by atoms with E-state index in [1.807, 2.05) is 66.9 Å². The molecule has 0 radical (unpaired) electrons. The van der Waals surface area contributed by atoms with Crippen molar-refractivity contribution in [1.29, 1.82) is 0 Å². The van der Waals surface area contributed by atoms with Gasteiger partial charge in [0.15, 0.2) is 17.8 Å². The molecule has 4 aromatic rings. The van der Waals surface area contributed by atoms with E-state index >= 15 is 0 Å². The highest BCUT2D eigenvalue weighted by molar-refractivity contribution is 7.13. The van der Waals surface area contributed by atoms with Gasteiger partial charge in [0, 0.05) is 11.3 Å². The highest BCUT2D eigenvalue weighted by Gasteiger charge is 2.21. The zero-order valence-corrected chi connectivity index (χ0v) is 17.0. The van der Waals surface area contributed by atoms with Crippen LogP contribution in [0.1, 0.15) is 39.4 Å². The average Bonchev–Trinajstić information content (AvgIpc) is 3.46. The summed E-state index contributed by atoms with van der Waals surface area (Å²) in [4.78, 5) is 30.1. The molecule has 0 fully saturated rings. The lowest BCUT2D eigenvalue weighted by atomic mass is 10.1. The Bertz CT molecular complexity index is 1150. The van der Waals surface area contributed by atoms with Gasteiger partial charge in [0.05, 0.1) is 10.9 Å². The fourth-order valence-corrected chi connectivity index (χ4v) is 3.73. The molecule has 1 unspecified atom stereocenters. The number of carbonyl (C=O) groups is 2. The molecular weight excluding hydrogens is 398 g/mol. The quantitative estimate of drug-likeness (QED) is 0.455. The number of hydrogen-bond acceptors (Lipinski definition) is 5. The van der Waals surface area contributed by atoms with Crippen molar-refractivity contribution < 1.29 is 14.0 Å². The second-order valence-corrected chi connectivity index (χ2v) is 7.60. The molecule has 4 rings (SSSR count). The Labute approximate surface area is 177 Å². The van der Waals surface area contributed by atoms with Crippen LogP contribution in [0.2, 0.25) is 0 Å². The van der Waals surface area contributed by atoms with Gasteiger partial charge in [-0.2, -0.15) is 0 Å². The van der Waals surface area contributed by atoms with Crippen LogP contribution in [0.5, 0.6) is 0 Å². The third kappa shape index (κ3) is 4.31. The van der Waals surface area contributed by atoms with Crippen LogP contribution in [0.25, 0.3) is 10.6 Å². The highest BCUT2D eigenvalue weighted by atomic mass is 32.1. The van der Waals surface area contributed by atoms with Gasteiger partial charge in [0.2, 0.25) is 0 Å². The molecule has 0 aliphatic carbocycles. The van der Waals surface area contributed by atoms with Crippen LogP contribution in [0.3, 0.4) is 0 Å². The van der Waals surface area contributed by atoms with E-state index in [2.05, 4.69) is 15.6 Å². The Morgan fingerprint density at radius 1 is 1.00 bits per heavy atom. The Hall–Kier alpha value is -3.71. The maximum absolute atomic E-state index is 12.8. The predicted molar refractivity (Wildman–Crippen MR) is 117 cm³/mol. The summed E-state index contributed by atoms with van der Waals surface area (Å²) in [5.74, 6) is -0.0513. The topological polar surface area (TPSA) is 84.2 Å². The lowest BCUT2D eigenvalue weighted by molar-refractivity contribution is 0.0935. The minimum Gasteiger partial charge on any atom is -0.442 e. The van der Waals surface area contributed by atoms with Crippen molar-refractivity contribution in [3.8, 4) is 10.6 Å². The fraction of sp³-hybridized carbons (Fsp3) is 0.0870. The number of thiophene rings is 1. The van der Waals surface area contributed by atoms with Gasteiger partial charge in [-0.15, -0.1) is 11.3 Å². The van der Waals surface area contributed by atoms with E-state index in [1.165, 1.54) is 17.7 Å². The number of anilines is 1. The first-order chi connectivity index (χ1) is 14.6. The molecule has 6 nitrogen and oxygen atoms in total. The predicted octanol–water partition coefficient (Wildman–Crippen LogP) is 5.15. The summed E-state index contributed by atoms with van der Waals surface area (Å²) in [5.41, 5.74) is 2.34. The van der Waals surface area contributed by atoms with Crippen LogP contribution < -0.4 is 10.6 Å². The molecule has 0 bridgehead atoms. The van der Waals surface area contributed by atoms with Gasteiger partial charge >= 0.3 is 0 Å². The minimum absolute atomic E-state index is 0.187. The number of carbonyl (C=O) groups excluding carboxylic acids is 2. The molecule has 0 aliphatic heterocycles. The van der Waals surface area contributed by atoms with E-state index in [0.29, 0.717) is 17.0 Å². The average molecular weight is 417 g/mol. The number of hydrogen-bond donors (Lipinski definition) is 2. The van der Waals surface area contributed by atoms with Crippen LogP contribution in [0.15, 0.2) is 82.9 Å². The second-order valence-electron chi connectivity index (χ2n) is 6.65. The van der Waals surface area contributed by atoms with Crippen molar-refractivity contribution in [3.63, 3.8) is 0 Å². The number of nitrogens with one attached hydrogen (secondary N) is 2. The van der Waals surface area contributed by atoms with Crippen LogP contribution in [0.4, 0.5) is 5.69 Å². The molecule has 30 heavy (non-hydrogen) atoms. The number of amides is 2. The Morgan fingerprint density at radius 2 is 1.83 bits per heavy atom. The summed E-state index contributed by atoms with van der Waals surface area (Å²) in [5, 5.41) is 7.74. The molecule has 2 aromatic heterocycles. The van der Waals surface area contributed by atoms with Crippen molar-refractivity contribution >= 4 is 28.8 Å². The first-order valence-corrected chi connectivity index (χ1v) is 10.2. The standard InChI is InChI=1S/C23H19N3O3S/c1-15(25-23(28)20-21(29-14-24-20)19-11-6-12-30-19)17-9-5-10-18(13-17)26-22(27)16-7-3-2-4-8-16/h2-15H,1H3,(H,25,28)(H,26,27). The van der Waals surface area contributed by atoms with E-state index in [9.17, 15) is 9.59 Å². The van der Waals surface area contributed by atoms with Crippen molar-refractivity contribution in [1.82, 2.24) is 10.3 Å². The Morgan fingerprint density at radius 3 is 2.60 bits per heavy atom. The van der Waals surface area contributed by atoms with Gasteiger partial charge in [-0.1, -0.05) is 36.4 Å². The lowest BCUT2D eigenvalue weighted by Gasteiger charge is -2.15. The summed E-state index contributed by atoms with van der Waals surface area (Å²) in [6.45, 7) is 1.88. The molecular formula is C23H19N3O3S. The second kappa shape index (κ2) is 8.75. The van der Waals surface area contributed by atoms with Crippen LogP contribution in [-0.4, -0.2) is 16.8 Å². The molecule has 2 N–H and O–H groups in total. The highest BCUT2D eigenvalue weighted by Crippen LogP contribution is 2.28. The third-order valence-electron chi connectivity index (χ3n) is 4.56. The van der Waals surface area contributed by atoms with Gasteiger partial charge in [0.25, 0.3) is 11.8 Å². The number of nitrogens with zero attached hydrogens (tertiary/aromatic N) is 1. The minimum atomic E-state index is -0.321. The van der Waals surface area contributed by atoms with Gasteiger partial charge < -0.3 is 15.1 Å². The van der Waals surface area contributed by atoms with Gasteiger partial charge in [-0.3, -0.25) is 9.59 Å². The van der Waals surface area contributed by atoms with E-state index in [0.717, 1.165) is 10.4 Å². The molecule has 0 aliphatic rings. The zero-order chi connectivity index (χ0) is 20.9. The molecule has 1 atom stereocenters. The lowest BCUT2D eigenvalue weighted by Crippen LogP contribution is -2.27. The summed E-state index contributed by atoms with van der Waals surface area (Å²) >= 11 is 1.48. The molecule has 2 heterocycles. The number of oxazole rings is 1. The summed E-state index contributed by atoms with van der Waals surface area (Å²) in [6, 6.07) is 19.9. The number of aromatic nitrogens is 1. The maximum atomic E-state index is 12.8. The third-order valence-corrected chi connectivity index (χ3v) is 5.42. The van der Waals surface area contributed by atoms with Gasteiger partial charge in [0.1, 0.15) is 0 Å². The fourth-order valence-electron chi connectivity index (χ4n) is 3.02. The summed E-state index contributed by atoms with van der Waals surface area (Å²) in [6.07, 6.45) is 1.27. The first-order valence-electron chi connectivity index (χ1n) is 9.36. The molecule has 7 heteroatoms. The zero-order valence-electron chi connectivity index (χ0n) is 16.2. The Kier molecular flexibility index (Phi) is 5.72. The largest absolute Gasteiger partial charge is 0.442 e. The number of benzene rings is 2. The van der Waals surface area contributed by atoms with Crippen molar-refractivity contribution in [3.05, 3.63) is 95.3 Å². The first kappa shape index (κ1) is 19.6. The van der Waals surface area contributed by atoms with Crippen LogP contribution >= 0.6 is 11.3 Å². The van der Waals surface area contributed by atoms with Gasteiger partial charge in [-0.05, 0) is 48.2 Å². The molecule has 2 amide bonds. The van der Waals surface area contributed by atoms with E-state index in [1.54, 1.807) is 12.1 Å². The van der Waals surface area contributed by atoms with Crippen molar-refractivity contribution in [2.75, 3.05) is 5.32 Å². The Balaban J connectivity index is 1.46. The normalized spacial score (nSPS) is 11.6. The SMILES string of the molecule is CC(NC(=O)c1ncoc1-c1cccs1)c1cccc(NC(=O)c2ccccc2)c1. The molecule has 150 valence electrons. The molecule has 2 aromatic carbocycles.